The van der Waals surface area contributed by atoms with Crippen LogP contribution in [0, 0.1) is 12.3 Å². The van der Waals surface area contributed by atoms with E-state index in [0.717, 1.165) is 5.69 Å². The Balaban J connectivity index is 2.29. The van der Waals surface area contributed by atoms with Crippen LogP contribution in [0.3, 0.4) is 0 Å². The number of hydrogen-bond donors (Lipinski definition) is 1. The van der Waals surface area contributed by atoms with Gasteiger partial charge in [0.15, 0.2) is 0 Å². The highest BCUT2D eigenvalue weighted by atomic mass is 16.5. The molecular formula is C18H23N3O3. The number of benzene rings is 1. The molecule has 0 atom stereocenters. The van der Waals surface area contributed by atoms with E-state index in [2.05, 4.69) is 10.4 Å². The predicted molar refractivity (Wildman–Crippen MR) is 92.3 cm³/mol. The van der Waals surface area contributed by atoms with E-state index in [0.29, 0.717) is 23.6 Å². The summed E-state index contributed by atoms with van der Waals surface area (Å²) in [4.78, 5) is 24.0. The molecule has 0 unspecified atom stereocenters. The Morgan fingerprint density at radius 1 is 1.29 bits per heavy atom. The summed E-state index contributed by atoms with van der Waals surface area (Å²) < 4.78 is 6.67. The molecule has 0 bridgehead atoms. The smallest absolute Gasteiger partial charge is 0.341 e. The van der Waals surface area contributed by atoms with Crippen molar-refractivity contribution in [3.8, 4) is 5.69 Å². The fraction of sp³-hybridized carbons (Fsp3) is 0.389. The molecule has 0 aliphatic rings. The van der Waals surface area contributed by atoms with Crippen LogP contribution in [0.1, 0.15) is 43.7 Å². The number of rotatable bonds is 4. The zero-order valence-electron chi connectivity index (χ0n) is 14.7. The van der Waals surface area contributed by atoms with Crippen molar-refractivity contribution < 1.29 is 14.3 Å². The van der Waals surface area contributed by atoms with Gasteiger partial charge in [-0.1, -0.05) is 26.8 Å². The minimum Gasteiger partial charge on any atom is -0.462 e. The summed E-state index contributed by atoms with van der Waals surface area (Å²) in [6.45, 7) is 9.46. The summed E-state index contributed by atoms with van der Waals surface area (Å²) in [5.74, 6) is -0.456. The maximum Gasteiger partial charge on any atom is 0.341 e. The second-order valence-electron chi connectivity index (χ2n) is 6.53. The molecule has 2 aromatic rings. The topological polar surface area (TPSA) is 73.2 Å². The van der Waals surface area contributed by atoms with Gasteiger partial charge >= 0.3 is 5.97 Å². The second-order valence-corrected chi connectivity index (χ2v) is 6.53. The van der Waals surface area contributed by atoms with Crippen molar-refractivity contribution in [1.29, 1.82) is 0 Å². The van der Waals surface area contributed by atoms with Gasteiger partial charge in [-0.05, 0) is 32.0 Å². The quantitative estimate of drug-likeness (QED) is 0.873. The standard InChI is InChI=1S/C18H23N3O3/c1-6-24-16(22)15-11-19-21(12(15)2)14-9-7-8-13(10-14)20-17(23)18(3,4)5/h7-11H,6H2,1-5H3,(H,20,23). The molecule has 1 amide bonds. The lowest BCUT2D eigenvalue weighted by Crippen LogP contribution is -2.27. The Bertz CT molecular complexity index is 757. The van der Waals surface area contributed by atoms with Gasteiger partial charge in [-0.15, -0.1) is 0 Å². The molecule has 6 heteroatoms. The number of aromatic nitrogens is 2. The number of carbonyl (C=O) groups excluding carboxylic acids is 2. The van der Waals surface area contributed by atoms with E-state index in [9.17, 15) is 9.59 Å². The lowest BCUT2D eigenvalue weighted by molar-refractivity contribution is -0.123. The number of hydrogen-bond acceptors (Lipinski definition) is 4. The third-order valence-corrected chi connectivity index (χ3v) is 3.53. The van der Waals surface area contributed by atoms with E-state index in [1.807, 2.05) is 45.0 Å². The molecule has 2 rings (SSSR count). The number of nitrogens with zero attached hydrogens (tertiary/aromatic N) is 2. The molecule has 1 aromatic heterocycles. The van der Waals surface area contributed by atoms with Gasteiger partial charge in [-0.2, -0.15) is 5.10 Å². The average Bonchev–Trinajstić information content (AvgIpc) is 2.88. The largest absolute Gasteiger partial charge is 0.462 e. The number of ether oxygens (including phenoxy) is 1. The van der Waals surface area contributed by atoms with Crippen LogP contribution in [-0.4, -0.2) is 28.3 Å². The summed E-state index contributed by atoms with van der Waals surface area (Å²) in [5.41, 5.74) is 2.08. The number of carbonyl (C=O) groups is 2. The van der Waals surface area contributed by atoms with Crippen LogP contribution in [0.15, 0.2) is 30.5 Å². The first-order chi connectivity index (χ1) is 11.2. The first-order valence-corrected chi connectivity index (χ1v) is 7.87. The van der Waals surface area contributed by atoms with Crippen molar-refractivity contribution >= 4 is 17.6 Å². The third-order valence-electron chi connectivity index (χ3n) is 3.53. The maximum absolute atomic E-state index is 12.1. The number of esters is 1. The Kier molecular flexibility index (Phi) is 5.07. The summed E-state index contributed by atoms with van der Waals surface area (Å²) in [6.07, 6.45) is 1.49. The number of nitrogens with one attached hydrogen (secondary N) is 1. The van der Waals surface area contributed by atoms with Crippen LogP contribution in [-0.2, 0) is 9.53 Å². The lowest BCUT2D eigenvalue weighted by atomic mass is 9.95. The molecule has 128 valence electrons. The molecule has 6 nitrogen and oxygen atoms in total. The molecule has 0 saturated carbocycles. The minimum absolute atomic E-state index is 0.0657. The van der Waals surface area contributed by atoms with Crippen LogP contribution in [0.4, 0.5) is 5.69 Å². The van der Waals surface area contributed by atoms with Crippen molar-refractivity contribution in [1.82, 2.24) is 9.78 Å². The predicted octanol–water partition coefficient (Wildman–Crippen LogP) is 3.34. The van der Waals surface area contributed by atoms with Crippen molar-refractivity contribution in [2.24, 2.45) is 5.41 Å². The third kappa shape index (κ3) is 3.82. The fourth-order valence-electron chi connectivity index (χ4n) is 2.11. The van der Waals surface area contributed by atoms with Crippen molar-refractivity contribution in [3.05, 3.63) is 41.7 Å². The monoisotopic (exact) mass is 329 g/mol. The molecule has 0 saturated heterocycles. The summed E-state index contributed by atoms with van der Waals surface area (Å²) in [7, 11) is 0. The highest BCUT2D eigenvalue weighted by Crippen LogP contribution is 2.21. The van der Waals surface area contributed by atoms with Gasteiger partial charge in [0.05, 0.1) is 24.2 Å². The lowest BCUT2D eigenvalue weighted by Gasteiger charge is -2.18. The van der Waals surface area contributed by atoms with E-state index in [1.165, 1.54) is 6.20 Å². The van der Waals surface area contributed by atoms with E-state index >= 15 is 0 Å². The Morgan fingerprint density at radius 3 is 2.62 bits per heavy atom. The SMILES string of the molecule is CCOC(=O)c1cnn(-c2cccc(NC(=O)C(C)(C)C)c2)c1C. The van der Waals surface area contributed by atoms with Crippen LogP contribution in [0.25, 0.3) is 5.69 Å². The van der Waals surface area contributed by atoms with Gasteiger partial charge in [-0.3, -0.25) is 4.79 Å². The molecule has 0 radical (unpaired) electrons. The van der Waals surface area contributed by atoms with Gasteiger partial charge in [-0.25, -0.2) is 9.48 Å². The van der Waals surface area contributed by atoms with Crippen molar-refractivity contribution in [2.45, 2.75) is 34.6 Å². The zero-order chi connectivity index (χ0) is 17.9. The molecule has 0 fully saturated rings. The Morgan fingerprint density at radius 2 is 2.00 bits per heavy atom. The van der Waals surface area contributed by atoms with Crippen molar-refractivity contribution in [3.63, 3.8) is 0 Å². The van der Waals surface area contributed by atoms with Crippen LogP contribution in [0.2, 0.25) is 0 Å². The Labute approximate surface area is 141 Å². The fourth-order valence-corrected chi connectivity index (χ4v) is 2.11. The molecule has 24 heavy (non-hydrogen) atoms. The Hall–Kier alpha value is -2.63. The first-order valence-electron chi connectivity index (χ1n) is 7.87. The van der Waals surface area contributed by atoms with Crippen LogP contribution < -0.4 is 5.32 Å². The van der Waals surface area contributed by atoms with Crippen LogP contribution >= 0.6 is 0 Å². The summed E-state index contributed by atoms with van der Waals surface area (Å²) in [5, 5.41) is 7.15. The number of anilines is 1. The molecule has 0 aliphatic heterocycles. The van der Waals surface area contributed by atoms with Gasteiger partial charge in [0.1, 0.15) is 5.56 Å². The molecule has 0 spiro atoms. The normalized spacial score (nSPS) is 11.2. The molecule has 1 N–H and O–H groups in total. The van der Waals surface area contributed by atoms with E-state index in [-0.39, 0.29) is 5.91 Å². The van der Waals surface area contributed by atoms with E-state index in [4.69, 9.17) is 4.74 Å². The van der Waals surface area contributed by atoms with Crippen molar-refractivity contribution in [2.75, 3.05) is 11.9 Å². The minimum atomic E-state index is -0.477. The zero-order valence-corrected chi connectivity index (χ0v) is 14.7. The summed E-state index contributed by atoms with van der Waals surface area (Å²) in [6, 6.07) is 7.33. The highest BCUT2D eigenvalue weighted by Gasteiger charge is 2.21. The van der Waals surface area contributed by atoms with Gasteiger partial charge in [0.25, 0.3) is 0 Å². The first kappa shape index (κ1) is 17.7. The molecule has 1 aromatic carbocycles. The van der Waals surface area contributed by atoms with Gasteiger partial charge in [0, 0.05) is 11.1 Å². The van der Waals surface area contributed by atoms with E-state index < -0.39 is 11.4 Å². The summed E-state index contributed by atoms with van der Waals surface area (Å²) >= 11 is 0. The average molecular weight is 329 g/mol. The maximum atomic E-state index is 12.1. The number of amides is 1. The molecule has 1 heterocycles. The van der Waals surface area contributed by atoms with Gasteiger partial charge in [0.2, 0.25) is 5.91 Å². The van der Waals surface area contributed by atoms with E-state index in [1.54, 1.807) is 18.5 Å². The van der Waals surface area contributed by atoms with Gasteiger partial charge < -0.3 is 10.1 Å². The molecular weight excluding hydrogens is 306 g/mol. The second kappa shape index (κ2) is 6.86. The highest BCUT2D eigenvalue weighted by molar-refractivity contribution is 5.94. The molecule has 0 aliphatic carbocycles. The van der Waals surface area contributed by atoms with Crippen LogP contribution in [0.5, 0.6) is 0 Å².